The molecular weight excluding hydrogens is 256 g/mol. The van der Waals surface area contributed by atoms with Gasteiger partial charge < -0.3 is 11.1 Å². The van der Waals surface area contributed by atoms with Crippen LogP contribution in [0.5, 0.6) is 0 Å². The maximum atomic E-state index is 11.0. The molecule has 0 spiro atoms. The van der Waals surface area contributed by atoms with Gasteiger partial charge in [-0.25, -0.2) is 4.98 Å². The van der Waals surface area contributed by atoms with Gasteiger partial charge in [0.1, 0.15) is 5.52 Å². The smallest absolute Gasteiger partial charge is 0.295 e. The number of anilines is 1. The first-order valence-corrected chi connectivity index (χ1v) is 6.66. The summed E-state index contributed by atoms with van der Waals surface area (Å²) in [6.45, 7) is 2.62. The number of benzene rings is 1. The average molecular weight is 274 g/mol. The van der Waals surface area contributed by atoms with Crippen LogP contribution in [0, 0.1) is 10.1 Å². The van der Waals surface area contributed by atoms with Crippen LogP contribution in [0.3, 0.4) is 0 Å². The molecule has 106 valence electrons. The second-order valence-corrected chi connectivity index (χ2v) is 4.65. The van der Waals surface area contributed by atoms with E-state index in [1.165, 1.54) is 6.07 Å². The molecule has 6 heteroatoms. The number of non-ortho nitro benzene ring substituents is 1. The van der Waals surface area contributed by atoms with Crippen LogP contribution in [0.2, 0.25) is 0 Å². The van der Waals surface area contributed by atoms with Crippen molar-refractivity contribution in [1.82, 2.24) is 4.98 Å². The van der Waals surface area contributed by atoms with Gasteiger partial charge in [0.05, 0.1) is 4.92 Å². The number of nitro groups is 1. The lowest BCUT2D eigenvalue weighted by atomic mass is 10.1. The van der Waals surface area contributed by atoms with Crippen LogP contribution < -0.4 is 11.1 Å². The van der Waals surface area contributed by atoms with Crippen LogP contribution in [0.1, 0.15) is 19.8 Å². The Kier molecular flexibility index (Phi) is 4.47. The second-order valence-electron chi connectivity index (χ2n) is 4.65. The number of nitrogens with zero attached hydrogens (tertiary/aromatic N) is 2. The van der Waals surface area contributed by atoms with Crippen molar-refractivity contribution in [3.8, 4) is 0 Å². The predicted molar refractivity (Wildman–Crippen MR) is 79.8 cm³/mol. The molecule has 1 atom stereocenters. The first-order valence-electron chi connectivity index (χ1n) is 6.66. The maximum Gasteiger partial charge on any atom is 0.295 e. The van der Waals surface area contributed by atoms with Crippen LogP contribution in [-0.4, -0.2) is 22.5 Å². The lowest BCUT2D eigenvalue weighted by Gasteiger charge is -2.18. The zero-order valence-corrected chi connectivity index (χ0v) is 11.4. The van der Waals surface area contributed by atoms with Crippen molar-refractivity contribution in [3.05, 3.63) is 40.6 Å². The molecule has 0 fully saturated rings. The van der Waals surface area contributed by atoms with Gasteiger partial charge in [0, 0.05) is 35.9 Å². The third kappa shape index (κ3) is 2.85. The monoisotopic (exact) mass is 274 g/mol. The summed E-state index contributed by atoms with van der Waals surface area (Å²) in [4.78, 5) is 14.8. The number of hydrogen-bond donors (Lipinski definition) is 2. The van der Waals surface area contributed by atoms with Crippen molar-refractivity contribution in [1.29, 1.82) is 0 Å². The van der Waals surface area contributed by atoms with Crippen LogP contribution in [-0.2, 0) is 0 Å². The van der Waals surface area contributed by atoms with Gasteiger partial charge >= 0.3 is 0 Å². The molecule has 0 saturated carbocycles. The fourth-order valence-corrected chi connectivity index (χ4v) is 2.25. The molecule has 2 rings (SSSR count). The van der Waals surface area contributed by atoms with Gasteiger partial charge in [-0.2, -0.15) is 0 Å². The number of aromatic nitrogens is 1. The van der Waals surface area contributed by atoms with E-state index in [-0.39, 0.29) is 11.7 Å². The normalized spacial score (nSPS) is 12.3. The second kappa shape index (κ2) is 6.29. The standard InChI is InChI=1S/C14H18N4O2/c1-2-4-10(9-15)17-12-6-7-13(18(19)20)14-11(12)5-3-8-16-14/h3,5-8,10,17H,2,4,9,15H2,1H3. The summed E-state index contributed by atoms with van der Waals surface area (Å²) >= 11 is 0. The minimum atomic E-state index is -0.411. The van der Waals surface area contributed by atoms with E-state index in [9.17, 15) is 10.1 Å². The molecule has 0 aliphatic carbocycles. The molecule has 0 amide bonds. The Hall–Kier alpha value is -2.21. The van der Waals surface area contributed by atoms with Crippen LogP contribution in [0.15, 0.2) is 30.5 Å². The average Bonchev–Trinajstić information content (AvgIpc) is 2.46. The van der Waals surface area contributed by atoms with Crippen LogP contribution in [0.4, 0.5) is 11.4 Å². The summed E-state index contributed by atoms with van der Waals surface area (Å²) in [5.41, 5.74) is 7.00. The first kappa shape index (κ1) is 14.2. The molecule has 1 unspecified atom stereocenters. The molecule has 3 N–H and O–H groups in total. The predicted octanol–water partition coefficient (Wildman–Crippen LogP) is 2.68. The Morgan fingerprint density at radius 3 is 2.90 bits per heavy atom. The summed E-state index contributed by atoms with van der Waals surface area (Å²) < 4.78 is 0. The largest absolute Gasteiger partial charge is 0.380 e. The number of rotatable bonds is 6. The Morgan fingerprint density at radius 1 is 1.45 bits per heavy atom. The molecule has 0 radical (unpaired) electrons. The number of fused-ring (bicyclic) bond motifs is 1. The Balaban J connectivity index is 2.45. The van der Waals surface area contributed by atoms with Crippen molar-refractivity contribution < 1.29 is 4.92 Å². The number of nitro benzene ring substituents is 1. The number of hydrogen-bond acceptors (Lipinski definition) is 5. The number of pyridine rings is 1. The highest BCUT2D eigenvalue weighted by molar-refractivity contribution is 5.96. The molecule has 0 bridgehead atoms. The van der Waals surface area contributed by atoms with E-state index in [4.69, 9.17) is 5.73 Å². The lowest BCUT2D eigenvalue weighted by Crippen LogP contribution is -2.28. The van der Waals surface area contributed by atoms with Crippen molar-refractivity contribution in [2.45, 2.75) is 25.8 Å². The highest BCUT2D eigenvalue weighted by atomic mass is 16.6. The molecule has 1 aromatic carbocycles. The van der Waals surface area contributed by atoms with E-state index in [1.807, 2.05) is 6.07 Å². The maximum absolute atomic E-state index is 11.0. The Morgan fingerprint density at radius 2 is 2.25 bits per heavy atom. The van der Waals surface area contributed by atoms with Gasteiger partial charge in [-0.05, 0) is 24.6 Å². The molecule has 6 nitrogen and oxygen atoms in total. The topological polar surface area (TPSA) is 94.1 Å². The molecule has 1 heterocycles. The minimum absolute atomic E-state index is 0.0194. The zero-order valence-electron chi connectivity index (χ0n) is 11.4. The molecular formula is C14H18N4O2. The van der Waals surface area contributed by atoms with Gasteiger partial charge in [-0.3, -0.25) is 10.1 Å². The first-order chi connectivity index (χ1) is 9.67. The van der Waals surface area contributed by atoms with Crippen molar-refractivity contribution in [2.75, 3.05) is 11.9 Å². The highest BCUT2D eigenvalue weighted by Crippen LogP contribution is 2.30. The fraction of sp³-hybridized carbons (Fsp3) is 0.357. The summed E-state index contributed by atoms with van der Waals surface area (Å²) in [5, 5.41) is 15.1. The lowest BCUT2D eigenvalue weighted by molar-refractivity contribution is -0.383. The van der Waals surface area contributed by atoms with E-state index in [1.54, 1.807) is 18.3 Å². The molecule has 0 aliphatic heterocycles. The van der Waals surface area contributed by atoms with Gasteiger partial charge in [0.25, 0.3) is 5.69 Å². The van der Waals surface area contributed by atoms with E-state index >= 15 is 0 Å². The number of nitrogens with one attached hydrogen (secondary N) is 1. The quantitative estimate of drug-likeness (QED) is 0.624. The van der Waals surface area contributed by atoms with Crippen LogP contribution in [0.25, 0.3) is 10.9 Å². The minimum Gasteiger partial charge on any atom is -0.380 e. The molecule has 0 saturated heterocycles. The third-order valence-corrected chi connectivity index (χ3v) is 3.23. The molecule has 2 aromatic rings. The fourth-order valence-electron chi connectivity index (χ4n) is 2.25. The third-order valence-electron chi connectivity index (χ3n) is 3.23. The summed E-state index contributed by atoms with van der Waals surface area (Å²) in [6.07, 6.45) is 3.54. The van der Waals surface area contributed by atoms with Gasteiger partial charge in [0.15, 0.2) is 0 Å². The van der Waals surface area contributed by atoms with E-state index in [0.29, 0.717) is 12.1 Å². The van der Waals surface area contributed by atoms with Gasteiger partial charge in [-0.15, -0.1) is 0 Å². The SMILES string of the molecule is CCCC(CN)Nc1ccc([N+](=O)[O-])c2ncccc12. The Bertz CT molecular complexity index is 615. The summed E-state index contributed by atoms with van der Waals surface area (Å²) in [6, 6.07) is 6.97. The van der Waals surface area contributed by atoms with Crippen LogP contribution >= 0.6 is 0 Å². The Labute approximate surface area is 117 Å². The van der Waals surface area contributed by atoms with Crippen molar-refractivity contribution in [2.24, 2.45) is 5.73 Å². The zero-order chi connectivity index (χ0) is 14.5. The van der Waals surface area contributed by atoms with Gasteiger partial charge in [-0.1, -0.05) is 13.3 Å². The summed E-state index contributed by atoms with van der Waals surface area (Å²) in [5.74, 6) is 0. The molecule has 20 heavy (non-hydrogen) atoms. The van der Waals surface area contributed by atoms with E-state index < -0.39 is 4.92 Å². The molecule has 1 aromatic heterocycles. The van der Waals surface area contributed by atoms with E-state index in [0.717, 1.165) is 23.9 Å². The number of nitrogens with two attached hydrogens (primary N) is 1. The van der Waals surface area contributed by atoms with Crippen molar-refractivity contribution in [3.63, 3.8) is 0 Å². The highest BCUT2D eigenvalue weighted by Gasteiger charge is 2.16. The van der Waals surface area contributed by atoms with Crippen molar-refractivity contribution >= 4 is 22.3 Å². The molecule has 0 aliphatic rings. The van der Waals surface area contributed by atoms with Gasteiger partial charge in [0.2, 0.25) is 0 Å². The summed E-state index contributed by atoms with van der Waals surface area (Å²) in [7, 11) is 0. The van der Waals surface area contributed by atoms with E-state index in [2.05, 4.69) is 17.2 Å².